The highest BCUT2D eigenvalue weighted by Crippen LogP contribution is 2.22. The van der Waals surface area contributed by atoms with E-state index in [9.17, 15) is 9.59 Å². The van der Waals surface area contributed by atoms with Gasteiger partial charge in [0.1, 0.15) is 5.75 Å². The molecule has 166 valence electrons. The van der Waals surface area contributed by atoms with Crippen LogP contribution in [0.25, 0.3) is 5.69 Å². The molecule has 0 aliphatic carbocycles. The first-order valence-corrected chi connectivity index (χ1v) is 10.4. The number of carbonyl (C=O) groups excluding carboxylic acids is 2. The standard InChI is InChI=1S/C25H28N4O3/c1-16(2)19-6-8-21(9-7-19)27-24(30)25(31)28-26-15-20-14-17(3)29(18(20)4)22-10-12-23(32-5)13-11-22/h6-16H,1-5H3,(H,27,30)(H,28,31)/b26-15+. The van der Waals surface area contributed by atoms with E-state index in [-0.39, 0.29) is 0 Å². The van der Waals surface area contributed by atoms with Gasteiger partial charge in [-0.2, -0.15) is 5.10 Å². The lowest BCUT2D eigenvalue weighted by Crippen LogP contribution is -2.32. The first-order valence-electron chi connectivity index (χ1n) is 10.4. The number of hydrazone groups is 1. The van der Waals surface area contributed by atoms with Gasteiger partial charge in [-0.05, 0) is 67.8 Å². The molecule has 0 atom stereocenters. The van der Waals surface area contributed by atoms with Gasteiger partial charge in [0.05, 0.1) is 13.3 Å². The van der Waals surface area contributed by atoms with E-state index in [4.69, 9.17) is 4.74 Å². The number of amides is 2. The molecule has 3 rings (SSSR count). The Kier molecular flexibility index (Phi) is 7.10. The molecule has 3 aromatic rings. The average molecular weight is 433 g/mol. The van der Waals surface area contributed by atoms with Crippen LogP contribution in [0.15, 0.2) is 59.7 Å². The Morgan fingerprint density at radius 2 is 1.66 bits per heavy atom. The fraction of sp³-hybridized carbons (Fsp3) is 0.240. The zero-order chi connectivity index (χ0) is 23.3. The Hall–Kier alpha value is -3.87. The Balaban J connectivity index is 1.63. The number of nitrogens with one attached hydrogen (secondary N) is 2. The van der Waals surface area contributed by atoms with Crippen molar-refractivity contribution in [2.24, 2.45) is 5.10 Å². The minimum atomic E-state index is -0.835. The lowest BCUT2D eigenvalue weighted by Gasteiger charge is -2.10. The highest BCUT2D eigenvalue weighted by Gasteiger charge is 2.14. The summed E-state index contributed by atoms with van der Waals surface area (Å²) in [4.78, 5) is 24.2. The first kappa shape index (κ1) is 22.8. The van der Waals surface area contributed by atoms with Gasteiger partial charge in [-0.25, -0.2) is 5.43 Å². The molecule has 0 radical (unpaired) electrons. The number of benzene rings is 2. The summed E-state index contributed by atoms with van der Waals surface area (Å²) in [6.07, 6.45) is 1.53. The van der Waals surface area contributed by atoms with Gasteiger partial charge in [0.2, 0.25) is 0 Å². The molecular formula is C25H28N4O3. The molecule has 7 nitrogen and oxygen atoms in total. The number of rotatable bonds is 6. The molecule has 2 amide bonds. The molecule has 0 aliphatic heterocycles. The lowest BCUT2D eigenvalue weighted by atomic mass is 10.0. The van der Waals surface area contributed by atoms with Crippen molar-refractivity contribution in [2.75, 3.05) is 12.4 Å². The maximum Gasteiger partial charge on any atom is 0.329 e. The third-order valence-corrected chi connectivity index (χ3v) is 5.21. The number of carbonyl (C=O) groups is 2. The fourth-order valence-electron chi connectivity index (χ4n) is 3.40. The monoisotopic (exact) mass is 432 g/mol. The summed E-state index contributed by atoms with van der Waals surface area (Å²) >= 11 is 0. The number of aromatic nitrogens is 1. The van der Waals surface area contributed by atoms with E-state index in [0.29, 0.717) is 11.6 Å². The summed E-state index contributed by atoms with van der Waals surface area (Å²) in [7, 11) is 1.63. The maximum absolute atomic E-state index is 12.1. The van der Waals surface area contributed by atoms with E-state index >= 15 is 0 Å². The van der Waals surface area contributed by atoms with E-state index in [1.54, 1.807) is 19.2 Å². The average Bonchev–Trinajstić information content (AvgIpc) is 3.07. The minimum Gasteiger partial charge on any atom is -0.497 e. The number of hydrogen-bond acceptors (Lipinski definition) is 4. The van der Waals surface area contributed by atoms with Crippen LogP contribution in [0, 0.1) is 13.8 Å². The van der Waals surface area contributed by atoms with Crippen LogP contribution in [0.1, 0.15) is 42.3 Å². The lowest BCUT2D eigenvalue weighted by molar-refractivity contribution is -0.136. The predicted octanol–water partition coefficient (Wildman–Crippen LogP) is 4.31. The third-order valence-electron chi connectivity index (χ3n) is 5.21. The Bertz CT molecular complexity index is 1130. The van der Waals surface area contributed by atoms with Crippen molar-refractivity contribution in [3.05, 3.63) is 77.1 Å². The van der Waals surface area contributed by atoms with Crippen molar-refractivity contribution in [1.82, 2.24) is 9.99 Å². The molecule has 7 heteroatoms. The van der Waals surface area contributed by atoms with Gasteiger partial charge in [0.15, 0.2) is 0 Å². The number of methoxy groups -OCH3 is 1. The number of nitrogens with zero attached hydrogens (tertiary/aromatic N) is 2. The Morgan fingerprint density at radius 3 is 2.25 bits per heavy atom. The zero-order valence-electron chi connectivity index (χ0n) is 19.0. The van der Waals surface area contributed by atoms with Gasteiger partial charge < -0.3 is 14.6 Å². The highest BCUT2D eigenvalue weighted by molar-refractivity contribution is 6.39. The predicted molar refractivity (Wildman–Crippen MR) is 127 cm³/mol. The summed E-state index contributed by atoms with van der Waals surface area (Å²) < 4.78 is 7.29. The third kappa shape index (κ3) is 5.24. The SMILES string of the molecule is COc1ccc(-n2c(C)cc(/C=N/NC(=O)C(=O)Nc3ccc(C(C)C)cc3)c2C)cc1. The molecule has 0 bridgehead atoms. The van der Waals surface area contributed by atoms with Gasteiger partial charge in [0, 0.05) is 28.3 Å². The second-order valence-electron chi connectivity index (χ2n) is 7.79. The normalized spacial score (nSPS) is 11.1. The second kappa shape index (κ2) is 9.96. The number of ether oxygens (including phenoxy) is 1. The van der Waals surface area contributed by atoms with Gasteiger partial charge in [0.25, 0.3) is 0 Å². The quantitative estimate of drug-likeness (QED) is 0.346. The maximum atomic E-state index is 12.1. The number of hydrogen-bond donors (Lipinski definition) is 2. The summed E-state index contributed by atoms with van der Waals surface area (Å²) in [5, 5.41) is 6.53. The molecule has 0 saturated heterocycles. The van der Waals surface area contributed by atoms with Crippen molar-refractivity contribution >= 4 is 23.7 Å². The topological polar surface area (TPSA) is 84.7 Å². The van der Waals surface area contributed by atoms with Crippen molar-refractivity contribution in [3.63, 3.8) is 0 Å². The summed E-state index contributed by atoms with van der Waals surface area (Å²) in [5.41, 5.74) is 7.80. The van der Waals surface area contributed by atoms with Gasteiger partial charge >= 0.3 is 11.8 Å². The molecule has 32 heavy (non-hydrogen) atoms. The van der Waals surface area contributed by atoms with Crippen LogP contribution < -0.4 is 15.5 Å². The summed E-state index contributed by atoms with van der Waals surface area (Å²) in [6.45, 7) is 8.14. The van der Waals surface area contributed by atoms with E-state index in [1.165, 1.54) is 6.21 Å². The second-order valence-corrected chi connectivity index (χ2v) is 7.79. The fourth-order valence-corrected chi connectivity index (χ4v) is 3.40. The van der Waals surface area contributed by atoms with E-state index < -0.39 is 11.8 Å². The van der Waals surface area contributed by atoms with Crippen LogP contribution in [0.5, 0.6) is 5.75 Å². The van der Waals surface area contributed by atoms with Crippen molar-refractivity contribution in [1.29, 1.82) is 0 Å². The van der Waals surface area contributed by atoms with Gasteiger partial charge in [-0.1, -0.05) is 26.0 Å². The number of aryl methyl sites for hydroxylation is 1. The van der Waals surface area contributed by atoms with Gasteiger partial charge in [-0.15, -0.1) is 0 Å². The molecule has 0 unspecified atom stereocenters. The highest BCUT2D eigenvalue weighted by atomic mass is 16.5. The van der Waals surface area contributed by atoms with Crippen molar-refractivity contribution in [3.8, 4) is 11.4 Å². The summed E-state index contributed by atoms with van der Waals surface area (Å²) in [6, 6.07) is 17.1. The number of anilines is 1. The Labute approximate surface area is 188 Å². The molecular weight excluding hydrogens is 404 g/mol. The molecule has 1 heterocycles. The van der Waals surface area contributed by atoms with E-state index in [2.05, 4.69) is 34.3 Å². The zero-order valence-corrected chi connectivity index (χ0v) is 19.0. The van der Waals surface area contributed by atoms with E-state index in [1.807, 2.05) is 56.3 Å². The van der Waals surface area contributed by atoms with Crippen LogP contribution in [0.3, 0.4) is 0 Å². The van der Waals surface area contributed by atoms with E-state index in [0.717, 1.165) is 34.0 Å². The first-order chi connectivity index (χ1) is 15.3. The molecule has 0 aliphatic rings. The largest absolute Gasteiger partial charge is 0.497 e. The molecule has 1 aromatic heterocycles. The molecule has 0 spiro atoms. The minimum absolute atomic E-state index is 0.393. The molecule has 0 saturated carbocycles. The van der Waals surface area contributed by atoms with Crippen LogP contribution in [-0.4, -0.2) is 29.7 Å². The Morgan fingerprint density at radius 1 is 1.00 bits per heavy atom. The summed E-state index contributed by atoms with van der Waals surface area (Å²) in [5.74, 6) is -0.430. The van der Waals surface area contributed by atoms with Gasteiger partial charge in [-0.3, -0.25) is 9.59 Å². The molecule has 2 aromatic carbocycles. The molecule has 0 fully saturated rings. The molecule has 2 N–H and O–H groups in total. The van der Waals surface area contributed by atoms with Crippen LogP contribution in [0.4, 0.5) is 5.69 Å². The van der Waals surface area contributed by atoms with Crippen molar-refractivity contribution < 1.29 is 14.3 Å². The van der Waals surface area contributed by atoms with Crippen LogP contribution in [-0.2, 0) is 9.59 Å². The van der Waals surface area contributed by atoms with Crippen molar-refractivity contribution in [2.45, 2.75) is 33.6 Å². The van der Waals surface area contributed by atoms with Crippen LogP contribution >= 0.6 is 0 Å². The smallest absolute Gasteiger partial charge is 0.329 e. The van der Waals surface area contributed by atoms with Crippen LogP contribution in [0.2, 0.25) is 0 Å².